The van der Waals surface area contributed by atoms with Gasteiger partial charge in [-0.2, -0.15) is 0 Å². The molecule has 0 atom stereocenters. The highest BCUT2D eigenvalue weighted by atomic mass is 16.5. The van der Waals surface area contributed by atoms with Gasteiger partial charge in [0.15, 0.2) is 0 Å². The molecule has 4 nitrogen and oxygen atoms in total. The molecule has 0 fully saturated rings. The lowest BCUT2D eigenvalue weighted by molar-refractivity contribution is -0.910. The molecule has 0 aromatic heterocycles. The fourth-order valence-corrected chi connectivity index (χ4v) is 1.95. The normalized spacial score (nSPS) is 10.8. The molecule has 110 valence electrons. The van der Waals surface area contributed by atoms with Crippen LogP contribution < -0.4 is 5.02 Å². The summed E-state index contributed by atoms with van der Waals surface area (Å²) in [6, 6.07) is 0. The third-order valence-electron chi connectivity index (χ3n) is 3.15. The molecule has 0 saturated heterocycles. The van der Waals surface area contributed by atoms with Crippen molar-refractivity contribution < 1.29 is 19.6 Å². The van der Waals surface area contributed by atoms with E-state index in [1.807, 2.05) is 0 Å². The summed E-state index contributed by atoms with van der Waals surface area (Å²) < 4.78 is 1.32. The molecule has 0 bridgehead atoms. The first-order valence-corrected chi connectivity index (χ1v) is 7.27. The van der Waals surface area contributed by atoms with Gasteiger partial charge >= 0.3 is 7.32 Å². The van der Waals surface area contributed by atoms with Crippen LogP contribution in [0.25, 0.3) is 0 Å². The van der Waals surface area contributed by atoms with E-state index >= 15 is 0 Å². The molecule has 0 radical (unpaired) electrons. The average molecular weight is 261 g/mol. The zero-order valence-electron chi connectivity index (χ0n) is 12.7. The molecule has 0 saturated carbocycles. The van der Waals surface area contributed by atoms with Crippen LogP contribution in [0.5, 0.6) is 0 Å². The summed E-state index contributed by atoms with van der Waals surface area (Å²) in [6.45, 7) is 11.0. The van der Waals surface area contributed by atoms with Crippen molar-refractivity contribution in [1.29, 1.82) is 0 Å². The van der Waals surface area contributed by atoms with Crippen molar-refractivity contribution in [2.75, 3.05) is 26.7 Å². The van der Waals surface area contributed by atoms with Crippen LogP contribution in [0.3, 0.4) is 0 Å². The van der Waals surface area contributed by atoms with Gasteiger partial charge in [0.05, 0.1) is 26.7 Å². The first-order valence-electron chi connectivity index (χ1n) is 7.27. The smallest absolute Gasteiger partial charge is 0.339 e. The fraction of sp³-hybridized carbons (Fsp3) is 1.00. The van der Waals surface area contributed by atoms with Crippen LogP contribution >= 0.6 is 0 Å². The number of quaternary nitrogens is 1. The summed E-state index contributed by atoms with van der Waals surface area (Å²) in [4.78, 5) is 0. The van der Waals surface area contributed by atoms with Gasteiger partial charge in [-0.15, -0.1) is 0 Å². The van der Waals surface area contributed by atoms with E-state index in [9.17, 15) is 0 Å². The Morgan fingerprint density at radius 2 is 1.06 bits per heavy atom. The Hall–Kier alpha value is -0.0951. The number of hydrogen-bond acceptors (Lipinski definition) is 3. The molecule has 0 rings (SSSR count). The molecule has 0 aliphatic carbocycles. The van der Waals surface area contributed by atoms with Crippen LogP contribution in [0.15, 0.2) is 0 Å². The predicted octanol–water partition coefficient (Wildman–Crippen LogP) is 1.15. The third-order valence-corrected chi connectivity index (χ3v) is 3.15. The van der Waals surface area contributed by atoms with Crippen LogP contribution in [0.2, 0.25) is 0 Å². The Morgan fingerprint density at radius 3 is 1.22 bits per heavy atom. The number of nitrogens with zero attached hydrogens (tertiary/aromatic N) is 1. The van der Waals surface area contributed by atoms with Crippen LogP contribution in [-0.2, 0) is 0 Å². The van der Waals surface area contributed by atoms with E-state index in [1.165, 1.54) is 62.6 Å². The Labute approximate surface area is 113 Å². The van der Waals surface area contributed by atoms with Crippen molar-refractivity contribution in [3.8, 4) is 0 Å². The second-order valence-corrected chi connectivity index (χ2v) is 5.18. The van der Waals surface area contributed by atoms with Gasteiger partial charge < -0.3 is 19.6 Å². The summed E-state index contributed by atoms with van der Waals surface area (Å²) in [5, 5.41) is 22.8. The van der Waals surface area contributed by atoms with E-state index in [0.29, 0.717) is 0 Å². The monoisotopic (exact) mass is 261 g/mol. The van der Waals surface area contributed by atoms with E-state index in [4.69, 9.17) is 15.1 Å². The number of hydrogen-bond donors (Lipinski definition) is 2. The van der Waals surface area contributed by atoms with Crippen molar-refractivity contribution in [2.24, 2.45) is 0 Å². The first-order chi connectivity index (χ1) is 8.41. The largest absolute Gasteiger partial charge is 0.832 e. The van der Waals surface area contributed by atoms with E-state index in [1.54, 1.807) is 0 Å². The lowest BCUT2D eigenvalue weighted by atomic mass is 10.2. The molecular formula is C13H32BNO3. The quantitative estimate of drug-likeness (QED) is 0.483. The maximum Gasteiger partial charge on any atom is 0.339 e. The average Bonchev–Trinajstić information content (AvgIpc) is 2.31. The molecule has 5 heteroatoms. The Balaban J connectivity index is 0. The molecule has 0 spiro atoms. The van der Waals surface area contributed by atoms with E-state index < -0.39 is 7.32 Å². The molecule has 0 aliphatic rings. The topological polar surface area (TPSA) is 63.5 Å². The Morgan fingerprint density at radius 1 is 0.833 bits per heavy atom. The van der Waals surface area contributed by atoms with Gasteiger partial charge in [-0.25, -0.2) is 0 Å². The van der Waals surface area contributed by atoms with Gasteiger partial charge in [-0.05, 0) is 19.3 Å². The predicted molar refractivity (Wildman–Crippen MR) is 75.7 cm³/mol. The lowest BCUT2D eigenvalue weighted by Crippen LogP contribution is -2.46. The van der Waals surface area contributed by atoms with Crippen LogP contribution in [0, 0.1) is 0 Å². The zero-order chi connectivity index (χ0) is 14.4. The number of rotatable bonds is 9. The van der Waals surface area contributed by atoms with Crippen LogP contribution in [0.1, 0.15) is 59.3 Å². The zero-order valence-corrected chi connectivity index (χ0v) is 12.7. The van der Waals surface area contributed by atoms with Crippen molar-refractivity contribution in [3.05, 3.63) is 0 Å². The molecule has 0 unspecified atom stereocenters. The highest BCUT2D eigenvalue weighted by Gasteiger charge is 2.18. The summed E-state index contributed by atoms with van der Waals surface area (Å²) in [5.74, 6) is 0. The summed E-state index contributed by atoms with van der Waals surface area (Å²) in [5.41, 5.74) is 0. The molecule has 0 heterocycles. The molecule has 18 heavy (non-hydrogen) atoms. The molecule has 0 aliphatic heterocycles. The molecule has 0 aromatic rings. The molecule has 2 N–H and O–H groups in total. The van der Waals surface area contributed by atoms with Crippen molar-refractivity contribution in [1.82, 2.24) is 0 Å². The Kier molecular flexibility index (Phi) is 15.0. The fourth-order valence-electron chi connectivity index (χ4n) is 1.95. The minimum atomic E-state index is -2.42. The Bertz CT molecular complexity index is 144. The molecule has 0 amide bonds. The first kappa shape index (κ1) is 20.2. The number of unbranched alkanes of at least 4 members (excludes halogenated alkanes) is 3. The van der Waals surface area contributed by atoms with E-state index in [-0.39, 0.29) is 0 Å². The van der Waals surface area contributed by atoms with E-state index in [2.05, 4.69) is 27.8 Å². The lowest BCUT2D eigenvalue weighted by Gasteiger charge is -2.34. The van der Waals surface area contributed by atoms with Gasteiger partial charge in [0.1, 0.15) is 0 Å². The minimum Gasteiger partial charge on any atom is -0.832 e. The van der Waals surface area contributed by atoms with Crippen LogP contribution in [0.4, 0.5) is 0 Å². The molecule has 0 aromatic carbocycles. The van der Waals surface area contributed by atoms with Gasteiger partial charge in [0, 0.05) is 0 Å². The summed E-state index contributed by atoms with van der Waals surface area (Å²) in [7, 11) is 0.0287. The van der Waals surface area contributed by atoms with Crippen molar-refractivity contribution >= 4 is 7.32 Å². The van der Waals surface area contributed by atoms with Gasteiger partial charge in [-0.3, -0.25) is 0 Å². The van der Waals surface area contributed by atoms with Crippen LogP contribution in [-0.4, -0.2) is 48.5 Å². The highest BCUT2D eigenvalue weighted by molar-refractivity contribution is 6.28. The minimum absolute atomic E-state index is 1.32. The van der Waals surface area contributed by atoms with Crippen molar-refractivity contribution in [2.45, 2.75) is 59.3 Å². The highest BCUT2D eigenvalue weighted by Crippen LogP contribution is 2.10. The maximum absolute atomic E-state index is 8.64. The molecular weight excluding hydrogens is 229 g/mol. The van der Waals surface area contributed by atoms with Gasteiger partial charge in [0.25, 0.3) is 0 Å². The SMILES string of the molecule is CCCC[N+](C)(CCCC)CCCC.[O-]B(O)O. The maximum atomic E-state index is 8.64. The summed E-state index contributed by atoms with van der Waals surface area (Å²) >= 11 is 0. The van der Waals surface area contributed by atoms with E-state index in [0.717, 1.165) is 0 Å². The van der Waals surface area contributed by atoms with Gasteiger partial charge in [-0.1, -0.05) is 40.0 Å². The van der Waals surface area contributed by atoms with Gasteiger partial charge in [0.2, 0.25) is 0 Å². The third kappa shape index (κ3) is 15.9. The van der Waals surface area contributed by atoms with Crippen molar-refractivity contribution in [3.63, 3.8) is 0 Å². The standard InChI is InChI=1S/C13H30N.BH2O3/c1-5-8-11-14(4,12-9-6-2)13-10-7-3;2-1(3)4/h5-13H2,1-4H3;2-3H/q+1;-1. The second kappa shape index (κ2) is 13.3. The summed E-state index contributed by atoms with van der Waals surface area (Å²) in [6.07, 6.45) is 8.20. The second-order valence-electron chi connectivity index (χ2n) is 5.18.